The SMILES string of the molecule is CCCn1cc(C)nc1NC(C)c1ccc(C)s1. The number of nitrogens with zero attached hydrogens (tertiary/aromatic N) is 2. The fourth-order valence-corrected chi connectivity index (χ4v) is 2.90. The minimum atomic E-state index is 0.307. The monoisotopic (exact) mass is 263 g/mol. The Hall–Kier alpha value is -1.29. The second kappa shape index (κ2) is 5.57. The summed E-state index contributed by atoms with van der Waals surface area (Å²) >= 11 is 1.84. The first kappa shape index (κ1) is 13.1. The summed E-state index contributed by atoms with van der Waals surface area (Å²) in [6.07, 6.45) is 3.23. The molecule has 2 rings (SSSR count). The van der Waals surface area contributed by atoms with Gasteiger partial charge in [-0.2, -0.15) is 0 Å². The normalized spacial score (nSPS) is 12.7. The number of anilines is 1. The van der Waals surface area contributed by atoms with E-state index in [2.05, 4.69) is 54.0 Å². The molecule has 0 saturated heterocycles. The van der Waals surface area contributed by atoms with Crippen LogP contribution >= 0.6 is 11.3 Å². The predicted octanol–water partition coefficient (Wildman–Crippen LogP) is 4.14. The van der Waals surface area contributed by atoms with Crippen LogP contribution in [0.25, 0.3) is 0 Å². The van der Waals surface area contributed by atoms with Crippen molar-refractivity contribution in [2.45, 2.75) is 46.7 Å². The zero-order valence-electron chi connectivity index (χ0n) is 11.5. The lowest BCUT2D eigenvalue weighted by Gasteiger charge is -2.14. The highest BCUT2D eigenvalue weighted by atomic mass is 32.1. The minimum Gasteiger partial charge on any atom is -0.348 e. The molecule has 0 aliphatic carbocycles. The van der Waals surface area contributed by atoms with Gasteiger partial charge in [-0.3, -0.25) is 0 Å². The summed E-state index contributed by atoms with van der Waals surface area (Å²) in [6.45, 7) is 9.57. The largest absolute Gasteiger partial charge is 0.348 e. The van der Waals surface area contributed by atoms with Crippen LogP contribution in [0, 0.1) is 13.8 Å². The summed E-state index contributed by atoms with van der Waals surface area (Å²) in [5.41, 5.74) is 1.07. The van der Waals surface area contributed by atoms with Crippen LogP contribution in [-0.4, -0.2) is 9.55 Å². The van der Waals surface area contributed by atoms with Gasteiger partial charge in [0.15, 0.2) is 0 Å². The zero-order valence-corrected chi connectivity index (χ0v) is 12.3. The lowest BCUT2D eigenvalue weighted by Crippen LogP contribution is -2.10. The van der Waals surface area contributed by atoms with Crippen molar-refractivity contribution >= 4 is 17.3 Å². The number of aryl methyl sites for hydroxylation is 3. The maximum atomic E-state index is 4.56. The Morgan fingerprint density at radius 2 is 2.17 bits per heavy atom. The Labute approximate surface area is 113 Å². The molecule has 0 aliphatic heterocycles. The topological polar surface area (TPSA) is 29.9 Å². The first-order valence-corrected chi connectivity index (χ1v) is 7.28. The average molecular weight is 263 g/mol. The number of nitrogens with one attached hydrogen (secondary N) is 1. The molecule has 0 aliphatic rings. The van der Waals surface area contributed by atoms with E-state index in [1.165, 1.54) is 9.75 Å². The molecule has 0 fully saturated rings. The number of aromatic nitrogens is 2. The Balaban J connectivity index is 2.13. The van der Waals surface area contributed by atoms with E-state index in [1.54, 1.807) is 0 Å². The maximum absolute atomic E-state index is 4.56. The summed E-state index contributed by atoms with van der Waals surface area (Å²) in [4.78, 5) is 7.27. The van der Waals surface area contributed by atoms with Gasteiger partial charge in [0.2, 0.25) is 5.95 Å². The number of hydrogen-bond acceptors (Lipinski definition) is 3. The van der Waals surface area contributed by atoms with E-state index in [0.717, 1.165) is 24.6 Å². The van der Waals surface area contributed by atoms with Crippen molar-refractivity contribution in [3.05, 3.63) is 33.8 Å². The van der Waals surface area contributed by atoms with Crippen LogP contribution in [0.15, 0.2) is 18.3 Å². The summed E-state index contributed by atoms with van der Waals surface area (Å²) in [6, 6.07) is 4.67. The molecule has 0 radical (unpaired) electrons. The minimum absolute atomic E-state index is 0.307. The molecule has 98 valence electrons. The van der Waals surface area contributed by atoms with Gasteiger partial charge in [0, 0.05) is 22.5 Å². The second-order valence-corrected chi connectivity index (χ2v) is 6.03. The van der Waals surface area contributed by atoms with E-state index in [-0.39, 0.29) is 0 Å². The highest BCUT2D eigenvalue weighted by molar-refractivity contribution is 7.12. The van der Waals surface area contributed by atoms with Gasteiger partial charge in [0.05, 0.1) is 11.7 Å². The van der Waals surface area contributed by atoms with Crippen LogP contribution in [0.2, 0.25) is 0 Å². The third kappa shape index (κ3) is 2.93. The molecule has 2 heterocycles. The van der Waals surface area contributed by atoms with Crippen LogP contribution in [0.1, 0.15) is 41.8 Å². The maximum Gasteiger partial charge on any atom is 0.203 e. The van der Waals surface area contributed by atoms with E-state index in [0.29, 0.717) is 6.04 Å². The van der Waals surface area contributed by atoms with Crippen LogP contribution in [0.4, 0.5) is 5.95 Å². The van der Waals surface area contributed by atoms with Gasteiger partial charge in [-0.15, -0.1) is 11.3 Å². The molecule has 2 aromatic heterocycles. The van der Waals surface area contributed by atoms with Gasteiger partial charge in [0.25, 0.3) is 0 Å². The number of imidazole rings is 1. The van der Waals surface area contributed by atoms with E-state index < -0.39 is 0 Å². The third-order valence-corrected chi connectivity index (χ3v) is 4.08. The molecule has 1 atom stereocenters. The molecule has 1 unspecified atom stereocenters. The van der Waals surface area contributed by atoms with E-state index in [4.69, 9.17) is 0 Å². The summed E-state index contributed by atoms with van der Waals surface area (Å²) in [7, 11) is 0. The van der Waals surface area contributed by atoms with Gasteiger partial charge in [-0.05, 0) is 39.3 Å². The molecule has 0 spiro atoms. The van der Waals surface area contributed by atoms with Crippen LogP contribution in [0.5, 0.6) is 0 Å². The van der Waals surface area contributed by atoms with Gasteiger partial charge >= 0.3 is 0 Å². The van der Waals surface area contributed by atoms with Gasteiger partial charge in [-0.25, -0.2) is 4.98 Å². The molecule has 18 heavy (non-hydrogen) atoms. The van der Waals surface area contributed by atoms with Gasteiger partial charge in [-0.1, -0.05) is 6.92 Å². The molecule has 0 saturated carbocycles. The molecule has 1 N–H and O–H groups in total. The van der Waals surface area contributed by atoms with Gasteiger partial charge < -0.3 is 9.88 Å². The van der Waals surface area contributed by atoms with Crippen LogP contribution in [0.3, 0.4) is 0 Å². The summed E-state index contributed by atoms with van der Waals surface area (Å²) in [5, 5.41) is 3.51. The lowest BCUT2D eigenvalue weighted by molar-refractivity contribution is 0.675. The smallest absolute Gasteiger partial charge is 0.203 e. The average Bonchev–Trinajstić information content (AvgIpc) is 2.87. The highest BCUT2D eigenvalue weighted by Gasteiger charge is 2.11. The third-order valence-electron chi connectivity index (χ3n) is 2.90. The Morgan fingerprint density at radius 1 is 1.39 bits per heavy atom. The molecule has 0 aromatic carbocycles. The van der Waals surface area contributed by atoms with Crippen LogP contribution in [-0.2, 0) is 6.54 Å². The molecular weight excluding hydrogens is 242 g/mol. The van der Waals surface area contributed by atoms with Crippen molar-refractivity contribution in [2.24, 2.45) is 0 Å². The Bertz CT molecular complexity index is 513. The first-order chi connectivity index (χ1) is 8.60. The van der Waals surface area contributed by atoms with Crippen molar-refractivity contribution in [3.63, 3.8) is 0 Å². The predicted molar refractivity (Wildman–Crippen MR) is 78.3 cm³/mol. The molecule has 4 heteroatoms. The highest BCUT2D eigenvalue weighted by Crippen LogP contribution is 2.25. The summed E-state index contributed by atoms with van der Waals surface area (Å²) in [5.74, 6) is 0.980. The molecule has 0 amide bonds. The fraction of sp³-hybridized carbons (Fsp3) is 0.500. The van der Waals surface area contributed by atoms with Crippen LogP contribution < -0.4 is 5.32 Å². The Morgan fingerprint density at radius 3 is 2.78 bits per heavy atom. The van der Waals surface area contributed by atoms with Crippen molar-refractivity contribution in [1.29, 1.82) is 0 Å². The van der Waals surface area contributed by atoms with Crippen molar-refractivity contribution in [1.82, 2.24) is 9.55 Å². The molecule has 3 nitrogen and oxygen atoms in total. The molecule has 2 aromatic rings. The standard InChI is InChI=1S/C14H21N3S/c1-5-8-17-9-10(2)15-14(17)16-12(4)13-7-6-11(3)18-13/h6-7,9,12H,5,8H2,1-4H3,(H,15,16). The first-order valence-electron chi connectivity index (χ1n) is 6.46. The van der Waals surface area contributed by atoms with Crippen molar-refractivity contribution in [2.75, 3.05) is 5.32 Å². The van der Waals surface area contributed by atoms with E-state index in [9.17, 15) is 0 Å². The zero-order chi connectivity index (χ0) is 13.1. The number of hydrogen-bond donors (Lipinski definition) is 1. The quantitative estimate of drug-likeness (QED) is 0.878. The van der Waals surface area contributed by atoms with E-state index >= 15 is 0 Å². The van der Waals surface area contributed by atoms with Gasteiger partial charge in [0.1, 0.15) is 0 Å². The van der Waals surface area contributed by atoms with E-state index in [1.807, 2.05) is 18.3 Å². The fourth-order valence-electron chi connectivity index (χ4n) is 2.02. The molecular formula is C14H21N3S. The Kier molecular flexibility index (Phi) is 4.07. The molecule has 0 bridgehead atoms. The number of thiophene rings is 1. The van der Waals surface area contributed by atoms with Crippen molar-refractivity contribution < 1.29 is 0 Å². The lowest BCUT2D eigenvalue weighted by atomic mass is 10.3. The number of rotatable bonds is 5. The van der Waals surface area contributed by atoms with Crippen molar-refractivity contribution in [3.8, 4) is 0 Å². The summed E-state index contributed by atoms with van der Waals surface area (Å²) < 4.78 is 2.20. The second-order valence-electron chi connectivity index (χ2n) is 4.71.